The molecule has 0 fully saturated rings. The van der Waals surface area contributed by atoms with Gasteiger partial charge in [-0.2, -0.15) is 0 Å². The molecule has 1 aromatic heterocycles. The van der Waals surface area contributed by atoms with Gasteiger partial charge in [0.25, 0.3) is 5.91 Å². The molecule has 2 aliphatic rings. The summed E-state index contributed by atoms with van der Waals surface area (Å²) in [6, 6.07) is 7.37. The van der Waals surface area contributed by atoms with Gasteiger partial charge in [0, 0.05) is 4.88 Å². The highest BCUT2D eigenvalue weighted by Gasteiger charge is 2.28. The summed E-state index contributed by atoms with van der Waals surface area (Å²) in [6.45, 7) is 0.216. The van der Waals surface area contributed by atoms with Crippen LogP contribution >= 0.6 is 11.3 Å². The number of rotatable bonds is 2. The Morgan fingerprint density at radius 2 is 2.05 bits per heavy atom. The summed E-state index contributed by atoms with van der Waals surface area (Å²) >= 11 is 1.57. The molecule has 0 unspecified atom stereocenters. The van der Waals surface area contributed by atoms with Crippen molar-refractivity contribution in [1.82, 2.24) is 4.98 Å². The maximum atomic E-state index is 12.3. The largest absolute Gasteiger partial charge is 0.485 e. The van der Waals surface area contributed by atoms with Gasteiger partial charge in [-0.3, -0.25) is 10.1 Å². The first-order chi connectivity index (χ1) is 10.8. The van der Waals surface area contributed by atoms with Crippen molar-refractivity contribution in [2.45, 2.75) is 31.8 Å². The van der Waals surface area contributed by atoms with Gasteiger partial charge in [-0.05, 0) is 37.8 Å². The van der Waals surface area contributed by atoms with Gasteiger partial charge < -0.3 is 9.47 Å². The number of amides is 1. The van der Waals surface area contributed by atoms with Crippen LogP contribution in [-0.4, -0.2) is 23.6 Å². The Kier molecular flexibility index (Phi) is 3.46. The monoisotopic (exact) mass is 316 g/mol. The standard InChI is InChI=1S/C16H16N2O3S/c19-15(13-9-20-11-6-2-3-7-12(11)21-13)18-16-17-10-5-1-4-8-14(10)22-16/h2-3,6-7,13H,1,4-5,8-9H2,(H,17,18,19)/t13-/m1/s1. The van der Waals surface area contributed by atoms with Crippen molar-refractivity contribution in [1.29, 1.82) is 0 Å². The summed E-state index contributed by atoms with van der Waals surface area (Å²) in [7, 11) is 0. The third-order valence-corrected chi connectivity index (χ3v) is 4.95. The lowest BCUT2D eigenvalue weighted by molar-refractivity contribution is -0.125. The first-order valence-corrected chi connectivity index (χ1v) is 8.29. The predicted molar refractivity (Wildman–Crippen MR) is 83.7 cm³/mol. The number of para-hydroxylation sites is 2. The number of carbonyl (C=O) groups is 1. The highest BCUT2D eigenvalue weighted by molar-refractivity contribution is 7.15. The minimum atomic E-state index is -0.643. The van der Waals surface area contributed by atoms with Crippen molar-refractivity contribution in [2.75, 3.05) is 11.9 Å². The molecule has 2 aromatic rings. The van der Waals surface area contributed by atoms with Gasteiger partial charge in [-0.15, -0.1) is 11.3 Å². The number of nitrogens with one attached hydrogen (secondary N) is 1. The number of aromatic nitrogens is 1. The molecule has 2 heterocycles. The SMILES string of the molecule is O=C(Nc1nc2c(s1)CCCC2)[C@H]1COc2ccccc2O1. The van der Waals surface area contributed by atoms with Crippen LogP contribution in [0.2, 0.25) is 0 Å². The van der Waals surface area contributed by atoms with E-state index >= 15 is 0 Å². The van der Waals surface area contributed by atoms with Crippen LogP contribution in [0.3, 0.4) is 0 Å². The average Bonchev–Trinajstić information content (AvgIpc) is 2.96. The molecule has 4 rings (SSSR count). The van der Waals surface area contributed by atoms with E-state index in [-0.39, 0.29) is 12.5 Å². The van der Waals surface area contributed by atoms with Crippen LogP contribution in [0.4, 0.5) is 5.13 Å². The van der Waals surface area contributed by atoms with E-state index in [4.69, 9.17) is 9.47 Å². The van der Waals surface area contributed by atoms with Crippen LogP contribution in [0, 0.1) is 0 Å². The number of fused-ring (bicyclic) bond motifs is 2. The van der Waals surface area contributed by atoms with Crippen molar-refractivity contribution in [3.8, 4) is 11.5 Å². The Morgan fingerprint density at radius 3 is 2.91 bits per heavy atom. The lowest BCUT2D eigenvalue weighted by Gasteiger charge is -2.25. The first-order valence-electron chi connectivity index (χ1n) is 7.47. The van der Waals surface area contributed by atoms with Gasteiger partial charge >= 0.3 is 0 Å². The molecule has 1 amide bonds. The van der Waals surface area contributed by atoms with E-state index in [1.54, 1.807) is 17.4 Å². The minimum Gasteiger partial charge on any atom is -0.485 e. The summed E-state index contributed by atoms with van der Waals surface area (Å²) in [5.74, 6) is 1.07. The summed E-state index contributed by atoms with van der Waals surface area (Å²) < 4.78 is 11.3. The topological polar surface area (TPSA) is 60.5 Å². The highest BCUT2D eigenvalue weighted by atomic mass is 32.1. The van der Waals surface area contributed by atoms with E-state index in [0.29, 0.717) is 16.6 Å². The lowest BCUT2D eigenvalue weighted by atomic mass is 10.0. The minimum absolute atomic E-state index is 0.208. The van der Waals surface area contributed by atoms with E-state index in [1.165, 1.54) is 17.7 Å². The number of ether oxygens (including phenoxy) is 2. The summed E-state index contributed by atoms with van der Waals surface area (Å²) in [6.07, 6.45) is 3.83. The Bertz CT molecular complexity index is 690. The van der Waals surface area contributed by atoms with E-state index in [0.717, 1.165) is 18.5 Å². The Labute approximate surface area is 132 Å². The van der Waals surface area contributed by atoms with Crippen molar-refractivity contribution < 1.29 is 14.3 Å². The third-order valence-electron chi connectivity index (χ3n) is 3.88. The molecule has 0 spiro atoms. The molecule has 0 radical (unpaired) electrons. The molecule has 22 heavy (non-hydrogen) atoms. The molecule has 1 N–H and O–H groups in total. The fourth-order valence-corrected chi connectivity index (χ4v) is 3.79. The van der Waals surface area contributed by atoms with Crippen molar-refractivity contribution in [3.63, 3.8) is 0 Å². The number of hydrogen-bond donors (Lipinski definition) is 1. The second-order valence-corrected chi connectivity index (χ2v) is 6.53. The zero-order valence-corrected chi connectivity index (χ0v) is 12.8. The molecule has 6 heteroatoms. The van der Waals surface area contributed by atoms with Gasteiger partial charge in [-0.25, -0.2) is 4.98 Å². The fraction of sp³-hybridized carbons (Fsp3) is 0.375. The highest BCUT2D eigenvalue weighted by Crippen LogP contribution is 2.32. The normalized spacial score (nSPS) is 19.4. The number of thiazole rings is 1. The Morgan fingerprint density at radius 1 is 1.23 bits per heavy atom. The number of benzene rings is 1. The smallest absolute Gasteiger partial charge is 0.270 e. The zero-order valence-electron chi connectivity index (χ0n) is 12.0. The molecular weight excluding hydrogens is 300 g/mol. The van der Waals surface area contributed by atoms with Gasteiger partial charge in [0.15, 0.2) is 16.6 Å². The number of hydrogen-bond acceptors (Lipinski definition) is 5. The van der Waals surface area contributed by atoms with Gasteiger partial charge in [0.2, 0.25) is 6.10 Å². The van der Waals surface area contributed by atoms with Gasteiger partial charge in [-0.1, -0.05) is 12.1 Å². The van der Waals surface area contributed by atoms with Crippen molar-refractivity contribution in [2.24, 2.45) is 0 Å². The van der Waals surface area contributed by atoms with Crippen molar-refractivity contribution in [3.05, 3.63) is 34.8 Å². The number of aryl methyl sites for hydroxylation is 2. The first kappa shape index (κ1) is 13.6. The summed E-state index contributed by atoms with van der Waals surface area (Å²) in [5, 5.41) is 3.53. The molecule has 0 saturated carbocycles. The van der Waals surface area contributed by atoms with E-state index in [2.05, 4.69) is 10.3 Å². The number of carbonyl (C=O) groups excluding carboxylic acids is 1. The third kappa shape index (κ3) is 2.54. The lowest BCUT2D eigenvalue weighted by Crippen LogP contribution is -2.40. The van der Waals surface area contributed by atoms with Crippen LogP contribution in [-0.2, 0) is 17.6 Å². The van der Waals surface area contributed by atoms with Crippen molar-refractivity contribution >= 4 is 22.4 Å². The Hall–Kier alpha value is -2.08. The molecule has 5 nitrogen and oxygen atoms in total. The molecule has 1 aliphatic carbocycles. The van der Waals surface area contributed by atoms with Gasteiger partial charge in [0.1, 0.15) is 6.61 Å². The summed E-state index contributed by atoms with van der Waals surface area (Å²) in [5.41, 5.74) is 1.14. The van der Waals surface area contributed by atoms with Crippen LogP contribution in [0.25, 0.3) is 0 Å². The zero-order chi connectivity index (χ0) is 14.9. The number of anilines is 1. The molecule has 1 aromatic carbocycles. The molecule has 1 atom stereocenters. The molecule has 0 saturated heterocycles. The molecular formula is C16H16N2O3S. The fourth-order valence-electron chi connectivity index (χ4n) is 2.74. The summed E-state index contributed by atoms with van der Waals surface area (Å²) in [4.78, 5) is 18.2. The van der Waals surface area contributed by atoms with E-state index in [1.807, 2.05) is 18.2 Å². The van der Waals surface area contributed by atoms with Gasteiger partial charge in [0.05, 0.1) is 5.69 Å². The molecule has 114 valence electrons. The van der Waals surface area contributed by atoms with Crippen LogP contribution in [0.1, 0.15) is 23.4 Å². The molecule has 1 aliphatic heterocycles. The van der Waals surface area contributed by atoms with Crippen LogP contribution in [0.15, 0.2) is 24.3 Å². The Balaban J connectivity index is 1.45. The maximum Gasteiger partial charge on any atom is 0.270 e. The second kappa shape index (κ2) is 5.61. The maximum absolute atomic E-state index is 12.3. The number of nitrogens with zero attached hydrogens (tertiary/aromatic N) is 1. The van der Waals surface area contributed by atoms with Crippen LogP contribution in [0.5, 0.6) is 11.5 Å². The molecule has 0 bridgehead atoms. The van der Waals surface area contributed by atoms with E-state index < -0.39 is 6.10 Å². The van der Waals surface area contributed by atoms with E-state index in [9.17, 15) is 4.79 Å². The average molecular weight is 316 g/mol. The quantitative estimate of drug-likeness (QED) is 0.925. The van der Waals surface area contributed by atoms with Crippen LogP contribution < -0.4 is 14.8 Å². The predicted octanol–water partition coefficient (Wildman–Crippen LogP) is 2.80. The second-order valence-electron chi connectivity index (χ2n) is 5.45.